The molecule has 7 nitrogen and oxygen atoms in total. The van der Waals surface area contributed by atoms with E-state index in [0.29, 0.717) is 12.5 Å². The summed E-state index contributed by atoms with van der Waals surface area (Å²) in [5.74, 6) is 0.642. The first kappa shape index (κ1) is 23.3. The fourth-order valence-corrected chi connectivity index (χ4v) is 5.66. The average Bonchev–Trinajstić information content (AvgIpc) is 3.21. The molecule has 2 amide bonds. The van der Waals surface area contributed by atoms with Gasteiger partial charge in [-0.05, 0) is 50.9 Å². The summed E-state index contributed by atoms with van der Waals surface area (Å²) in [4.78, 5) is 28.3. The SMILES string of the molecule is CN(Cc1ccccc1)c1ncc(N2C[C@]3(CC[C@](c4ccccc4)(N(C)C)CC3)NC2=O)cn1. The van der Waals surface area contributed by atoms with Gasteiger partial charge in [0.1, 0.15) is 0 Å². The second-order valence-corrected chi connectivity index (χ2v) is 10.2. The standard InChI is InChI=1S/C28H34N6O/c1-32(2)28(23-12-8-5-9-13-23)16-14-27(15-17-28)21-34(26(35)31-27)24-18-29-25(30-19-24)33(3)20-22-10-6-4-7-11-22/h4-13,18-19H,14-17,20-21H2,1-3H3,(H,31,35)/t27-,28+. The Bertz CT molecular complexity index is 1140. The number of nitrogens with zero attached hydrogens (tertiary/aromatic N) is 5. The average molecular weight is 471 g/mol. The van der Waals surface area contributed by atoms with Crippen LogP contribution in [0.3, 0.4) is 0 Å². The third-order valence-electron chi connectivity index (χ3n) is 7.82. The number of carbonyl (C=O) groups excluding carboxylic acids is 1. The van der Waals surface area contributed by atoms with Gasteiger partial charge in [0.05, 0.1) is 30.2 Å². The van der Waals surface area contributed by atoms with Gasteiger partial charge in [-0.2, -0.15) is 0 Å². The van der Waals surface area contributed by atoms with Gasteiger partial charge in [0.2, 0.25) is 5.95 Å². The zero-order chi connectivity index (χ0) is 24.5. The van der Waals surface area contributed by atoms with Crippen molar-refractivity contribution in [1.82, 2.24) is 20.2 Å². The van der Waals surface area contributed by atoms with E-state index in [1.165, 1.54) is 11.1 Å². The number of carbonyl (C=O) groups is 1. The molecule has 2 heterocycles. The number of hydrogen-bond acceptors (Lipinski definition) is 5. The second-order valence-electron chi connectivity index (χ2n) is 10.2. The Balaban J connectivity index is 1.27. The van der Waals surface area contributed by atoms with Crippen molar-refractivity contribution in [2.75, 3.05) is 37.5 Å². The molecule has 1 saturated carbocycles. The van der Waals surface area contributed by atoms with Crippen LogP contribution in [0.15, 0.2) is 73.1 Å². The van der Waals surface area contributed by atoms with Crippen LogP contribution in [0.5, 0.6) is 0 Å². The minimum Gasteiger partial charge on any atom is -0.340 e. The van der Waals surface area contributed by atoms with Crippen LogP contribution in [0.1, 0.15) is 36.8 Å². The fraction of sp³-hybridized carbons (Fsp3) is 0.393. The number of benzene rings is 2. The first-order valence-electron chi connectivity index (χ1n) is 12.3. The first-order chi connectivity index (χ1) is 16.9. The predicted octanol–water partition coefficient (Wildman–Crippen LogP) is 4.41. The van der Waals surface area contributed by atoms with E-state index in [9.17, 15) is 4.79 Å². The lowest BCUT2D eigenvalue weighted by Crippen LogP contribution is -2.54. The van der Waals surface area contributed by atoms with Crippen LogP contribution >= 0.6 is 0 Å². The lowest BCUT2D eigenvalue weighted by Gasteiger charge is -2.48. The van der Waals surface area contributed by atoms with E-state index in [-0.39, 0.29) is 17.1 Å². The van der Waals surface area contributed by atoms with Gasteiger partial charge in [0, 0.05) is 19.1 Å². The van der Waals surface area contributed by atoms with Gasteiger partial charge in [-0.1, -0.05) is 60.7 Å². The van der Waals surface area contributed by atoms with Crippen LogP contribution in [-0.4, -0.2) is 54.1 Å². The van der Waals surface area contributed by atoms with E-state index < -0.39 is 0 Å². The molecule has 5 rings (SSSR count). The molecule has 2 aromatic carbocycles. The Morgan fingerprint density at radius 2 is 1.49 bits per heavy atom. The summed E-state index contributed by atoms with van der Waals surface area (Å²) in [5.41, 5.74) is 3.07. The van der Waals surface area contributed by atoms with Crippen LogP contribution in [0.25, 0.3) is 0 Å². The van der Waals surface area contributed by atoms with Gasteiger partial charge < -0.3 is 10.2 Å². The predicted molar refractivity (Wildman–Crippen MR) is 139 cm³/mol. The normalized spacial score (nSPS) is 24.1. The molecule has 0 atom stereocenters. The smallest absolute Gasteiger partial charge is 0.322 e. The van der Waals surface area contributed by atoms with Gasteiger partial charge in [0.25, 0.3) is 0 Å². The van der Waals surface area contributed by atoms with Crippen molar-refractivity contribution in [3.8, 4) is 0 Å². The van der Waals surface area contributed by atoms with E-state index in [4.69, 9.17) is 0 Å². The van der Waals surface area contributed by atoms with Crippen molar-refractivity contribution in [2.24, 2.45) is 0 Å². The maximum Gasteiger partial charge on any atom is 0.322 e. The van der Waals surface area contributed by atoms with E-state index in [2.05, 4.69) is 76.7 Å². The Labute approximate surface area is 207 Å². The number of anilines is 2. The highest BCUT2D eigenvalue weighted by Crippen LogP contribution is 2.46. The summed E-state index contributed by atoms with van der Waals surface area (Å²) < 4.78 is 0. The molecular weight excluding hydrogens is 436 g/mol. The molecule has 0 bridgehead atoms. The second kappa shape index (κ2) is 9.30. The molecule has 1 aromatic heterocycles. The lowest BCUT2D eigenvalue weighted by molar-refractivity contribution is 0.0658. The van der Waals surface area contributed by atoms with Gasteiger partial charge in [-0.3, -0.25) is 9.80 Å². The topological polar surface area (TPSA) is 64.6 Å². The van der Waals surface area contributed by atoms with Gasteiger partial charge in [0.15, 0.2) is 0 Å². The van der Waals surface area contributed by atoms with Crippen molar-refractivity contribution < 1.29 is 4.79 Å². The maximum absolute atomic E-state index is 13.0. The summed E-state index contributed by atoms with van der Waals surface area (Å²) in [6.45, 7) is 1.37. The molecule has 182 valence electrons. The third-order valence-corrected chi connectivity index (χ3v) is 7.82. The van der Waals surface area contributed by atoms with Crippen LogP contribution in [0, 0.1) is 0 Å². The number of amides is 2. The Morgan fingerprint density at radius 3 is 2.09 bits per heavy atom. The summed E-state index contributed by atoms with van der Waals surface area (Å²) >= 11 is 0. The van der Waals surface area contributed by atoms with Crippen LogP contribution < -0.4 is 15.1 Å². The molecule has 0 unspecified atom stereocenters. The maximum atomic E-state index is 13.0. The van der Waals surface area contributed by atoms with Crippen molar-refractivity contribution in [3.05, 3.63) is 84.2 Å². The number of rotatable bonds is 6. The van der Waals surface area contributed by atoms with E-state index in [1.807, 2.05) is 30.1 Å². The number of urea groups is 1. The molecule has 1 N–H and O–H groups in total. The van der Waals surface area contributed by atoms with Crippen LogP contribution in [0.4, 0.5) is 16.4 Å². The minimum atomic E-state index is -0.214. The molecule has 2 fully saturated rings. The van der Waals surface area contributed by atoms with Gasteiger partial charge in [-0.15, -0.1) is 0 Å². The monoisotopic (exact) mass is 470 g/mol. The zero-order valence-corrected chi connectivity index (χ0v) is 20.8. The van der Waals surface area contributed by atoms with E-state index >= 15 is 0 Å². The van der Waals surface area contributed by atoms with Crippen molar-refractivity contribution in [3.63, 3.8) is 0 Å². The largest absolute Gasteiger partial charge is 0.340 e. The summed E-state index contributed by atoms with van der Waals surface area (Å²) in [6, 6.07) is 20.9. The highest BCUT2D eigenvalue weighted by Gasteiger charge is 2.50. The molecular formula is C28H34N6O. The Kier molecular flexibility index (Phi) is 6.19. The van der Waals surface area contributed by atoms with Crippen molar-refractivity contribution >= 4 is 17.7 Å². The zero-order valence-electron chi connectivity index (χ0n) is 20.8. The molecule has 1 spiro atoms. The molecule has 35 heavy (non-hydrogen) atoms. The van der Waals surface area contributed by atoms with Crippen molar-refractivity contribution in [2.45, 2.75) is 43.3 Å². The highest BCUT2D eigenvalue weighted by molar-refractivity contribution is 5.95. The summed E-state index contributed by atoms with van der Waals surface area (Å²) in [6.07, 6.45) is 7.39. The summed E-state index contributed by atoms with van der Waals surface area (Å²) in [5, 5.41) is 3.32. The fourth-order valence-electron chi connectivity index (χ4n) is 5.66. The van der Waals surface area contributed by atoms with Gasteiger partial charge >= 0.3 is 6.03 Å². The number of hydrogen-bond donors (Lipinski definition) is 1. The van der Waals surface area contributed by atoms with Crippen molar-refractivity contribution in [1.29, 1.82) is 0 Å². The minimum absolute atomic E-state index is 0.00124. The Hall–Kier alpha value is -3.45. The quantitative estimate of drug-likeness (QED) is 0.578. The molecule has 7 heteroatoms. The molecule has 2 aliphatic rings. The lowest BCUT2D eigenvalue weighted by atomic mass is 9.69. The number of aromatic nitrogens is 2. The Morgan fingerprint density at radius 1 is 0.886 bits per heavy atom. The molecule has 1 aliphatic carbocycles. The first-order valence-corrected chi connectivity index (χ1v) is 12.3. The molecule has 1 saturated heterocycles. The molecule has 0 radical (unpaired) electrons. The van der Waals surface area contributed by atoms with E-state index in [0.717, 1.165) is 37.9 Å². The van der Waals surface area contributed by atoms with Crippen LogP contribution in [0.2, 0.25) is 0 Å². The number of nitrogens with one attached hydrogen (secondary N) is 1. The molecule has 1 aliphatic heterocycles. The van der Waals surface area contributed by atoms with Crippen LogP contribution in [-0.2, 0) is 12.1 Å². The molecule has 3 aromatic rings. The van der Waals surface area contributed by atoms with E-state index in [1.54, 1.807) is 17.3 Å². The summed E-state index contributed by atoms with van der Waals surface area (Å²) in [7, 11) is 6.31. The third kappa shape index (κ3) is 4.48. The highest BCUT2D eigenvalue weighted by atomic mass is 16.2. The van der Waals surface area contributed by atoms with Gasteiger partial charge in [-0.25, -0.2) is 14.8 Å².